The average molecular weight is 1000 g/mol. The number of rotatable bonds is 4. The molecule has 0 atom stereocenters. The first-order valence-corrected chi connectivity index (χ1v) is 26.1. The zero-order valence-electron chi connectivity index (χ0n) is 42.7. The van der Waals surface area contributed by atoms with Crippen LogP contribution in [0.3, 0.4) is 0 Å². The maximum Gasteiger partial charge on any atom is 0.234 e. The largest absolute Gasteiger partial charge is 0.278 e. The zero-order valence-corrected chi connectivity index (χ0v) is 45.0. The number of hydrogen-bond donors (Lipinski definition) is 0. The van der Waals surface area contributed by atoms with Crippen LogP contribution in [0.5, 0.6) is 0 Å². The molecular weight excluding hydrogens is 940 g/mol. The number of halogens is 2. The van der Waals surface area contributed by atoms with Crippen LogP contribution in [0.2, 0.25) is 10.0 Å². The van der Waals surface area contributed by atoms with Gasteiger partial charge in [-0.15, -0.1) is 0 Å². The van der Waals surface area contributed by atoms with Gasteiger partial charge in [0.1, 0.15) is 9.79 Å². The van der Waals surface area contributed by atoms with Gasteiger partial charge in [-0.1, -0.05) is 167 Å². The van der Waals surface area contributed by atoms with Gasteiger partial charge in [0, 0.05) is 31.6 Å². The average Bonchev–Trinajstić information content (AvgIpc) is 3.83. The summed E-state index contributed by atoms with van der Waals surface area (Å²) in [6, 6.07) is 45.0. The van der Waals surface area contributed by atoms with Crippen molar-refractivity contribution in [2.24, 2.45) is 0 Å². The first-order chi connectivity index (χ1) is 33.3. The van der Waals surface area contributed by atoms with Crippen LogP contribution in [-0.4, -0.2) is 37.5 Å². The van der Waals surface area contributed by atoms with Gasteiger partial charge in [-0.25, -0.2) is 28.4 Å². The van der Waals surface area contributed by atoms with E-state index in [0.717, 1.165) is 53.7 Å². The van der Waals surface area contributed by atoms with Crippen LogP contribution in [0.1, 0.15) is 105 Å². The quantitative estimate of drug-likeness (QED) is 0.174. The Hall–Kier alpha value is -6.39. The van der Waals surface area contributed by atoms with Crippen LogP contribution in [0.15, 0.2) is 168 Å². The molecule has 4 heterocycles. The molecule has 364 valence electrons. The highest BCUT2D eigenvalue weighted by molar-refractivity contribution is 7.91. The number of sulfone groups is 1. The summed E-state index contributed by atoms with van der Waals surface area (Å²) in [6.45, 7) is 26.5. The summed E-state index contributed by atoms with van der Waals surface area (Å²) in [5.74, 6) is 0.784. The Morgan fingerprint density at radius 2 is 0.606 bits per heavy atom. The van der Waals surface area contributed by atoms with Crippen molar-refractivity contribution in [2.45, 2.75) is 115 Å². The molecule has 4 aromatic heterocycles. The molecule has 11 heteroatoms. The molecule has 0 fully saturated rings. The van der Waals surface area contributed by atoms with Gasteiger partial charge in [0.25, 0.3) is 0 Å². The third kappa shape index (κ3) is 10.8. The maximum atomic E-state index is 14.0. The molecule has 0 bridgehead atoms. The van der Waals surface area contributed by atoms with Gasteiger partial charge in [-0.2, -0.15) is 0 Å². The highest BCUT2D eigenvalue weighted by Gasteiger charge is 2.26. The topological polar surface area (TPSA) is 95.6 Å². The van der Waals surface area contributed by atoms with Crippen molar-refractivity contribution >= 4 is 76.7 Å². The third-order valence-electron chi connectivity index (χ3n) is 12.7. The molecular formula is C60H62Cl2N6O2S. The fraction of sp³-hybridized carbons (Fsp3) is 0.267. The van der Waals surface area contributed by atoms with Gasteiger partial charge in [0.05, 0.1) is 46.9 Å². The molecule has 0 aliphatic heterocycles. The molecule has 0 unspecified atom stereocenters. The lowest BCUT2D eigenvalue weighted by atomic mass is 9.85. The number of benzene rings is 6. The van der Waals surface area contributed by atoms with Crippen molar-refractivity contribution in [2.75, 3.05) is 0 Å². The summed E-state index contributed by atoms with van der Waals surface area (Å²) in [7, 11) is -4.04. The van der Waals surface area contributed by atoms with E-state index >= 15 is 0 Å². The van der Waals surface area contributed by atoms with E-state index in [9.17, 15) is 8.42 Å². The first kappa shape index (κ1) is 51.0. The summed E-state index contributed by atoms with van der Waals surface area (Å²) in [5.41, 5.74) is 8.61. The van der Waals surface area contributed by atoms with Gasteiger partial charge in [-0.3, -0.25) is 9.13 Å². The Bertz CT molecular complexity index is 3260. The third-order valence-corrected chi connectivity index (χ3v) is 14.9. The second-order valence-electron chi connectivity index (χ2n) is 22.1. The van der Waals surface area contributed by atoms with Crippen molar-refractivity contribution in [3.05, 3.63) is 191 Å². The molecule has 8 nitrogen and oxygen atoms in total. The van der Waals surface area contributed by atoms with E-state index < -0.39 is 9.84 Å². The van der Waals surface area contributed by atoms with E-state index in [0.29, 0.717) is 11.9 Å². The second-order valence-corrected chi connectivity index (χ2v) is 25.0. The lowest BCUT2D eigenvalue weighted by molar-refractivity contribution is 0.590. The zero-order chi connectivity index (χ0) is 51.3. The summed E-state index contributed by atoms with van der Waals surface area (Å²) in [5, 5.41) is 6.01. The molecule has 6 aromatic carbocycles. The number of aromatic nitrogens is 6. The minimum Gasteiger partial charge on any atom is -0.278 e. The standard InChI is InChI=1S/C48H52N6O2S.2C6H5Cl/c1-45(2,3)29-13-17-39-35(21-29)36-22-30(46(4,5)6)14-18-40(36)53(39)43-49-25-33(26-50-43)57(55,56)34-27-51-44(52-28-34)54-41-19-15-31(47(7,8)9)23-37(41)38-24-32(48(10,11)12)16-20-42(38)54;2*7-6-4-2-1-3-5-6/h13-28H,1-12H3;2*1-5H. The molecule has 0 radical (unpaired) electrons. The van der Waals surface area contributed by atoms with E-state index in [1.807, 2.05) is 69.8 Å². The molecule has 71 heavy (non-hydrogen) atoms. The van der Waals surface area contributed by atoms with Crippen molar-refractivity contribution in [1.82, 2.24) is 29.1 Å². The van der Waals surface area contributed by atoms with Crippen LogP contribution >= 0.6 is 23.2 Å². The van der Waals surface area contributed by atoms with Crippen LogP contribution in [-0.2, 0) is 31.5 Å². The van der Waals surface area contributed by atoms with Gasteiger partial charge < -0.3 is 0 Å². The molecule has 0 amide bonds. The lowest BCUT2D eigenvalue weighted by Gasteiger charge is -2.19. The van der Waals surface area contributed by atoms with Gasteiger partial charge in [0.15, 0.2) is 0 Å². The highest BCUT2D eigenvalue weighted by Crippen LogP contribution is 2.39. The number of hydrogen-bond acceptors (Lipinski definition) is 6. The Labute approximate surface area is 428 Å². The fourth-order valence-corrected chi connectivity index (χ4v) is 9.77. The van der Waals surface area contributed by atoms with E-state index in [1.165, 1.54) is 47.0 Å². The highest BCUT2D eigenvalue weighted by atomic mass is 35.5. The molecule has 0 spiro atoms. The second kappa shape index (κ2) is 19.3. The predicted molar refractivity (Wildman–Crippen MR) is 296 cm³/mol. The molecule has 0 aliphatic rings. The molecule has 0 saturated carbocycles. The minimum atomic E-state index is -4.04. The van der Waals surface area contributed by atoms with Crippen LogP contribution in [0.25, 0.3) is 55.5 Å². The Kier molecular flexibility index (Phi) is 13.9. The summed E-state index contributed by atoms with van der Waals surface area (Å²) >= 11 is 11.1. The smallest absolute Gasteiger partial charge is 0.234 e. The number of fused-ring (bicyclic) bond motifs is 6. The predicted octanol–water partition coefficient (Wildman–Crippen LogP) is 16.2. The molecule has 0 saturated heterocycles. The van der Waals surface area contributed by atoms with E-state index in [1.54, 1.807) is 0 Å². The van der Waals surface area contributed by atoms with Crippen molar-refractivity contribution in [3.63, 3.8) is 0 Å². The van der Waals surface area contributed by atoms with E-state index in [-0.39, 0.29) is 31.5 Å². The van der Waals surface area contributed by atoms with Gasteiger partial charge in [0.2, 0.25) is 21.7 Å². The fourth-order valence-electron chi connectivity index (χ4n) is 8.44. The first-order valence-electron chi connectivity index (χ1n) is 23.8. The molecule has 0 N–H and O–H groups in total. The lowest BCUT2D eigenvalue weighted by Crippen LogP contribution is -2.11. The normalized spacial score (nSPS) is 12.5. The SMILES string of the molecule is CC(C)(C)c1ccc2c(c1)c1cc(C(C)(C)C)ccc1n2-c1ncc(S(=O)(=O)c2cnc(-n3c4ccc(C(C)(C)C)cc4c4cc(C(C)(C)C)ccc43)nc2)cn1.Clc1ccccc1.Clc1ccccc1. The summed E-state index contributed by atoms with van der Waals surface area (Å²) in [6.07, 6.45) is 5.51. The Morgan fingerprint density at radius 3 is 0.803 bits per heavy atom. The summed E-state index contributed by atoms with van der Waals surface area (Å²) in [4.78, 5) is 18.6. The van der Waals surface area contributed by atoms with E-state index in [2.05, 4.69) is 176 Å². The Balaban J connectivity index is 0.000000415. The Morgan fingerprint density at radius 1 is 0.366 bits per heavy atom. The van der Waals surface area contributed by atoms with Crippen LogP contribution in [0.4, 0.5) is 0 Å². The van der Waals surface area contributed by atoms with Gasteiger partial charge in [-0.05, 0) is 117 Å². The van der Waals surface area contributed by atoms with Crippen molar-refractivity contribution in [1.29, 1.82) is 0 Å². The van der Waals surface area contributed by atoms with Gasteiger partial charge >= 0.3 is 0 Å². The molecule has 10 rings (SSSR count). The van der Waals surface area contributed by atoms with Crippen molar-refractivity contribution in [3.8, 4) is 11.9 Å². The summed E-state index contributed by atoms with van der Waals surface area (Å²) < 4.78 is 32.1. The van der Waals surface area contributed by atoms with Crippen molar-refractivity contribution < 1.29 is 8.42 Å². The monoisotopic (exact) mass is 1000 g/mol. The maximum absolute atomic E-state index is 14.0. The molecule has 10 aromatic rings. The van der Waals surface area contributed by atoms with E-state index in [4.69, 9.17) is 23.2 Å². The molecule has 0 aliphatic carbocycles. The minimum absolute atomic E-state index is 0.0327. The van der Waals surface area contributed by atoms with Crippen LogP contribution < -0.4 is 0 Å². The van der Waals surface area contributed by atoms with Crippen LogP contribution in [0, 0.1) is 0 Å². The number of nitrogens with zero attached hydrogens (tertiary/aromatic N) is 6.